The first kappa shape index (κ1) is 20.1. The third-order valence-electron chi connectivity index (χ3n) is 6.16. The second-order valence-corrected chi connectivity index (χ2v) is 8.24. The van der Waals surface area contributed by atoms with Gasteiger partial charge in [-0.15, -0.1) is 0 Å². The van der Waals surface area contributed by atoms with Gasteiger partial charge in [-0.25, -0.2) is 0 Å². The van der Waals surface area contributed by atoms with Gasteiger partial charge in [0.05, 0.1) is 6.10 Å². The fourth-order valence-corrected chi connectivity index (χ4v) is 4.44. The fraction of sp³-hybridized carbons (Fsp3) is 0.400. The quantitative estimate of drug-likeness (QED) is 0.604. The molecule has 6 nitrogen and oxygen atoms in total. The van der Waals surface area contributed by atoms with Crippen LogP contribution in [0, 0.1) is 0 Å². The molecule has 0 N–H and O–H groups in total. The molecule has 2 saturated heterocycles. The molecule has 3 aromatic rings. The summed E-state index contributed by atoms with van der Waals surface area (Å²) >= 11 is 0. The van der Waals surface area contributed by atoms with Crippen molar-refractivity contribution in [2.75, 3.05) is 39.3 Å². The van der Waals surface area contributed by atoms with E-state index in [1.807, 2.05) is 59.5 Å². The van der Waals surface area contributed by atoms with Gasteiger partial charge >= 0.3 is 0 Å². The highest BCUT2D eigenvalue weighted by atomic mass is 16.5. The van der Waals surface area contributed by atoms with Crippen molar-refractivity contribution in [2.24, 2.45) is 0 Å². The molecule has 31 heavy (non-hydrogen) atoms. The van der Waals surface area contributed by atoms with Gasteiger partial charge in [-0.2, -0.15) is 0 Å². The molecule has 0 spiro atoms. The van der Waals surface area contributed by atoms with Crippen LogP contribution in [0.15, 0.2) is 59.0 Å². The van der Waals surface area contributed by atoms with E-state index < -0.39 is 0 Å². The van der Waals surface area contributed by atoms with Gasteiger partial charge in [0.1, 0.15) is 17.9 Å². The van der Waals surface area contributed by atoms with Gasteiger partial charge in [-0.05, 0) is 31.0 Å². The Kier molecular flexibility index (Phi) is 5.91. The molecule has 1 atom stereocenters. The van der Waals surface area contributed by atoms with Crippen LogP contribution < -0.4 is 4.74 Å². The maximum Gasteiger partial charge on any atom is 0.290 e. The lowest BCUT2D eigenvalue weighted by Crippen LogP contribution is -2.50. The minimum atomic E-state index is -0.0559. The third kappa shape index (κ3) is 4.45. The van der Waals surface area contributed by atoms with Crippen molar-refractivity contribution in [3.05, 3.63) is 65.9 Å². The summed E-state index contributed by atoms with van der Waals surface area (Å²) in [5.74, 6) is 1.11. The average Bonchev–Trinajstić information content (AvgIpc) is 3.46. The molecular formula is C25H28N2O4. The van der Waals surface area contributed by atoms with E-state index in [0.29, 0.717) is 31.6 Å². The van der Waals surface area contributed by atoms with E-state index >= 15 is 0 Å². The lowest BCUT2D eigenvalue weighted by molar-refractivity contribution is 0.0416. The highest BCUT2D eigenvalue weighted by molar-refractivity contribution is 5.99. The Balaban J connectivity index is 1.30. The van der Waals surface area contributed by atoms with Gasteiger partial charge in [-0.1, -0.05) is 36.4 Å². The van der Waals surface area contributed by atoms with E-state index in [2.05, 4.69) is 4.90 Å². The summed E-state index contributed by atoms with van der Waals surface area (Å²) in [5.41, 5.74) is 1.53. The normalized spacial score (nSPS) is 19.7. The number of carbonyl (C=O) groups excluding carboxylic acids is 1. The Bertz CT molecular complexity index is 1020. The minimum Gasteiger partial charge on any atom is -0.489 e. The number of hydrogen-bond acceptors (Lipinski definition) is 5. The molecule has 0 radical (unpaired) electrons. The molecule has 2 fully saturated rings. The van der Waals surface area contributed by atoms with Crippen molar-refractivity contribution >= 4 is 16.9 Å². The van der Waals surface area contributed by atoms with Crippen molar-refractivity contribution in [3.63, 3.8) is 0 Å². The Hall–Kier alpha value is -2.83. The molecule has 2 aliphatic rings. The second-order valence-electron chi connectivity index (χ2n) is 8.24. The SMILES string of the molecule is O=C(c1oc2ccccc2c1COc1ccccc1)N1CCN(CC2CCCO2)CC1. The van der Waals surface area contributed by atoms with Gasteiger partial charge in [0.2, 0.25) is 0 Å². The summed E-state index contributed by atoms with van der Waals surface area (Å²) in [7, 11) is 0. The van der Waals surface area contributed by atoms with Crippen LogP contribution in [0.3, 0.4) is 0 Å². The number of carbonyl (C=O) groups is 1. The summed E-state index contributed by atoms with van der Waals surface area (Å²) in [6.45, 7) is 5.25. The first-order valence-corrected chi connectivity index (χ1v) is 11.1. The van der Waals surface area contributed by atoms with E-state index in [0.717, 1.165) is 61.4 Å². The van der Waals surface area contributed by atoms with Crippen LogP contribution in [-0.2, 0) is 11.3 Å². The van der Waals surface area contributed by atoms with Crippen LogP contribution in [0.25, 0.3) is 11.0 Å². The Labute approximate surface area is 182 Å². The third-order valence-corrected chi connectivity index (χ3v) is 6.16. The van der Waals surface area contributed by atoms with Crippen molar-refractivity contribution < 1.29 is 18.7 Å². The van der Waals surface area contributed by atoms with E-state index in [9.17, 15) is 4.79 Å². The number of furan rings is 1. The number of piperazine rings is 1. The Morgan fingerprint density at radius 3 is 2.55 bits per heavy atom. The predicted molar refractivity (Wildman–Crippen MR) is 118 cm³/mol. The number of fused-ring (bicyclic) bond motifs is 1. The van der Waals surface area contributed by atoms with E-state index in [1.165, 1.54) is 0 Å². The molecule has 2 aliphatic heterocycles. The Morgan fingerprint density at radius 1 is 1.00 bits per heavy atom. The van der Waals surface area contributed by atoms with Crippen LogP contribution in [0.5, 0.6) is 5.75 Å². The monoisotopic (exact) mass is 420 g/mol. The van der Waals surface area contributed by atoms with Gasteiger partial charge in [0.15, 0.2) is 5.76 Å². The number of nitrogens with zero attached hydrogens (tertiary/aromatic N) is 2. The zero-order valence-electron chi connectivity index (χ0n) is 17.7. The number of para-hydroxylation sites is 2. The van der Waals surface area contributed by atoms with Crippen molar-refractivity contribution in [1.29, 1.82) is 0 Å². The number of ether oxygens (including phenoxy) is 2. The first-order chi connectivity index (χ1) is 15.3. The fourth-order valence-electron chi connectivity index (χ4n) is 4.44. The molecule has 0 saturated carbocycles. The van der Waals surface area contributed by atoms with Gasteiger partial charge < -0.3 is 18.8 Å². The number of hydrogen-bond donors (Lipinski definition) is 0. The summed E-state index contributed by atoms with van der Waals surface area (Å²) in [6.07, 6.45) is 2.64. The molecule has 0 bridgehead atoms. The molecule has 5 rings (SSSR count). The van der Waals surface area contributed by atoms with Gasteiger partial charge in [-0.3, -0.25) is 9.69 Å². The van der Waals surface area contributed by atoms with Crippen molar-refractivity contribution in [1.82, 2.24) is 9.80 Å². The average molecular weight is 421 g/mol. The standard InChI is InChI=1S/C25H28N2O4/c28-25(27-14-12-26(13-15-27)17-20-9-6-16-29-20)24-22(18-30-19-7-2-1-3-8-19)21-10-4-5-11-23(21)31-24/h1-5,7-8,10-11,20H,6,9,12-18H2. The number of benzene rings is 2. The summed E-state index contributed by atoms with van der Waals surface area (Å²) in [5, 5.41) is 0.929. The highest BCUT2D eigenvalue weighted by Gasteiger charge is 2.29. The van der Waals surface area contributed by atoms with Crippen LogP contribution in [0.2, 0.25) is 0 Å². The molecule has 0 aliphatic carbocycles. The molecule has 6 heteroatoms. The molecule has 1 aromatic heterocycles. The van der Waals surface area contributed by atoms with Gasteiger partial charge in [0.25, 0.3) is 5.91 Å². The van der Waals surface area contributed by atoms with Crippen LogP contribution in [0.4, 0.5) is 0 Å². The smallest absolute Gasteiger partial charge is 0.290 e. The molecule has 2 aromatic carbocycles. The zero-order chi connectivity index (χ0) is 21.0. The van der Waals surface area contributed by atoms with E-state index in [-0.39, 0.29) is 5.91 Å². The minimum absolute atomic E-state index is 0.0559. The molecular weight excluding hydrogens is 392 g/mol. The maximum atomic E-state index is 13.4. The maximum absolute atomic E-state index is 13.4. The number of rotatable bonds is 6. The molecule has 162 valence electrons. The van der Waals surface area contributed by atoms with Crippen LogP contribution in [0.1, 0.15) is 29.0 Å². The first-order valence-electron chi connectivity index (χ1n) is 11.1. The molecule has 3 heterocycles. The number of amides is 1. The summed E-state index contributed by atoms with van der Waals surface area (Å²) in [6, 6.07) is 17.4. The molecule has 1 unspecified atom stereocenters. The largest absolute Gasteiger partial charge is 0.489 e. The highest BCUT2D eigenvalue weighted by Crippen LogP contribution is 2.29. The topological polar surface area (TPSA) is 55.2 Å². The lowest BCUT2D eigenvalue weighted by Gasteiger charge is -2.35. The van der Waals surface area contributed by atoms with Gasteiger partial charge in [0, 0.05) is 50.3 Å². The van der Waals surface area contributed by atoms with Crippen LogP contribution in [-0.4, -0.2) is 61.1 Å². The predicted octanol–water partition coefficient (Wildman–Crippen LogP) is 3.95. The van der Waals surface area contributed by atoms with E-state index in [1.54, 1.807) is 0 Å². The second kappa shape index (κ2) is 9.12. The van der Waals surface area contributed by atoms with Crippen molar-refractivity contribution in [2.45, 2.75) is 25.6 Å². The Morgan fingerprint density at radius 2 is 1.77 bits per heavy atom. The van der Waals surface area contributed by atoms with E-state index in [4.69, 9.17) is 13.9 Å². The van der Waals surface area contributed by atoms with Crippen molar-refractivity contribution in [3.8, 4) is 5.75 Å². The lowest BCUT2D eigenvalue weighted by atomic mass is 10.1. The van der Waals surface area contributed by atoms with Crippen LogP contribution >= 0.6 is 0 Å². The zero-order valence-corrected chi connectivity index (χ0v) is 17.7. The summed E-state index contributed by atoms with van der Waals surface area (Å²) in [4.78, 5) is 17.7. The summed E-state index contributed by atoms with van der Waals surface area (Å²) < 4.78 is 17.8. The molecule has 1 amide bonds.